The van der Waals surface area contributed by atoms with Crippen LogP contribution >= 0.6 is 0 Å². The van der Waals surface area contributed by atoms with Crippen molar-refractivity contribution in [3.05, 3.63) is 88.7 Å². The van der Waals surface area contributed by atoms with Crippen LogP contribution in [0.2, 0.25) is 0 Å². The molecule has 3 aromatic carbocycles. The highest BCUT2D eigenvalue weighted by atomic mass is 16.5. The van der Waals surface area contributed by atoms with Gasteiger partial charge in [-0.05, 0) is 30.3 Å². The lowest BCUT2D eigenvalue weighted by Gasteiger charge is -2.12. The van der Waals surface area contributed by atoms with Crippen molar-refractivity contribution in [3.63, 3.8) is 0 Å². The first-order valence-corrected chi connectivity index (χ1v) is 7.94. The van der Waals surface area contributed by atoms with Crippen molar-refractivity contribution in [3.8, 4) is 5.75 Å². The number of pyridine rings is 1. The Hall–Kier alpha value is -3.40. The van der Waals surface area contributed by atoms with Gasteiger partial charge in [-0.2, -0.15) is 0 Å². The van der Waals surface area contributed by atoms with Crippen LogP contribution in [-0.4, -0.2) is 10.5 Å². The van der Waals surface area contributed by atoms with Crippen LogP contribution in [0.5, 0.6) is 5.75 Å². The summed E-state index contributed by atoms with van der Waals surface area (Å²) >= 11 is 0. The lowest BCUT2D eigenvalue weighted by molar-refractivity contribution is 0.0737. The zero-order chi connectivity index (χ0) is 17.4. The van der Waals surface area contributed by atoms with E-state index in [1.54, 1.807) is 54.1 Å². The largest absolute Gasteiger partial charge is 0.422 e. The van der Waals surface area contributed by atoms with Crippen molar-refractivity contribution in [2.75, 3.05) is 0 Å². The minimum Gasteiger partial charge on any atom is -0.422 e. The Morgan fingerprint density at radius 2 is 1.52 bits per heavy atom. The van der Waals surface area contributed by atoms with E-state index in [0.29, 0.717) is 22.1 Å². The van der Waals surface area contributed by atoms with Gasteiger partial charge in [0.15, 0.2) is 0 Å². The number of hydrogen-bond acceptors (Lipinski definition) is 3. The Morgan fingerprint density at radius 3 is 2.32 bits per heavy atom. The molecule has 0 fully saturated rings. The van der Waals surface area contributed by atoms with Crippen LogP contribution in [0.3, 0.4) is 0 Å². The van der Waals surface area contributed by atoms with Crippen LogP contribution in [0.4, 0.5) is 0 Å². The summed E-state index contributed by atoms with van der Waals surface area (Å²) in [6.07, 6.45) is 0. The number of rotatable bonds is 2. The van der Waals surface area contributed by atoms with Crippen molar-refractivity contribution >= 4 is 27.6 Å². The molecule has 0 saturated heterocycles. The predicted octanol–water partition coefficient (Wildman–Crippen LogP) is 3.91. The summed E-state index contributed by atoms with van der Waals surface area (Å²) in [6, 6.07) is 21.6. The van der Waals surface area contributed by atoms with E-state index >= 15 is 0 Å². The van der Waals surface area contributed by atoms with Crippen molar-refractivity contribution in [1.29, 1.82) is 0 Å². The molecule has 0 spiro atoms. The molecule has 0 aliphatic rings. The van der Waals surface area contributed by atoms with Crippen LogP contribution in [0.15, 0.2) is 77.6 Å². The van der Waals surface area contributed by atoms with Gasteiger partial charge in [-0.1, -0.05) is 42.5 Å². The number of fused-ring (bicyclic) bond motifs is 3. The minimum atomic E-state index is -0.446. The lowest BCUT2D eigenvalue weighted by Crippen LogP contribution is -2.18. The number of para-hydroxylation sites is 1. The molecule has 0 aliphatic heterocycles. The first-order chi connectivity index (χ1) is 12.2. The second-order valence-electron chi connectivity index (χ2n) is 5.82. The van der Waals surface area contributed by atoms with E-state index < -0.39 is 5.97 Å². The Bertz CT molecular complexity index is 1160. The molecule has 4 heteroatoms. The molecular weight excluding hydrogens is 314 g/mol. The standard InChI is InChI=1S/C21H15NO3/c1-22-17-12-6-5-10-15(17)19-16(20(22)23)11-7-13-18(19)25-21(24)14-8-3-2-4-9-14/h2-13H,1H3. The summed E-state index contributed by atoms with van der Waals surface area (Å²) in [4.78, 5) is 25.1. The van der Waals surface area contributed by atoms with Gasteiger partial charge in [0.2, 0.25) is 0 Å². The predicted molar refractivity (Wildman–Crippen MR) is 98.1 cm³/mol. The molecule has 0 aliphatic carbocycles. The maximum atomic E-state index is 12.7. The maximum absolute atomic E-state index is 12.7. The zero-order valence-electron chi connectivity index (χ0n) is 13.6. The summed E-state index contributed by atoms with van der Waals surface area (Å²) in [7, 11) is 1.74. The zero-order valence-corrected chi connectivity index (χ0v) is 13.6. The van der Waals surface area contributed by atoms with Crippen LogP contribution < -0.4 is 10.3 Å². The number of ether oxygens (including phenoxy) is 1. The number of nitrogens with zero attached hydrogens (tertiary/aromatic N) is 1. The number of benzene rings is 3. The third-order valence-corrected chi connectivity index (χ3v) is 4.31. The van der Waals surface area contributed by atoms with Gasteiger partial charge >= 0.3 is 5.97 Å². The Kier molecular flexibility index (Phi) is 3.58. The number of aryl methyl sites for hydroxylation is 1. The van der Waals surface area contributed by atoms with Gasteiger partial charge in [-0.25, -0.2) is 4.79 Å². The molecule has 0 amide bonds. The van der Waals surface area contributed by atoms with Crippen molar-refractivity contribution in [1.82, 2.24) is 4.57 Å². The fourth-order valence-corrected chi connectivity index (χ4v) is 3.07. The van der Waals surface area contributed by atoms with Gasteiger partial charge in [0.05, 0.1) is 16.5 Å². The first-order valence-electron chi connectivity index (χ1n) is 7.94. The van der Waals surface area contributed by atoms with E-state index in [1.807, 2.05) is 30.3 Å². The van der Waals surface area contributed by atoms with E-state index in [-0.39, 0.29) is 5.56 Å². The Balaban J connectivity index is 1.96. The van der Waals surface area contributed by atoms with Crippen LogP contribution in [0.25, 0.3) is 21.7 Å². The van der Waals surface area contributed by atoms with E-state index in [9.17, 15) is 9.59 Å². The number of carbonyl (C=O) groups excluding carboxylic acids is 1. The summed E-state index contributed by atoms with van der Waals surface area (Å²) < 4.78 is 7.24. The number of esters is 1. The second kappa shape index (κ2) is 5.91. The molecular formula is C21H15NO3. The topological polar surface area (TPSA) is 48.3 Å². The SMILES string of the molecule is Cn1c(=O)c2cccc(OC(=O)c3ccccc3)c2c2ccccc21. The summed E-state index contributed by atoms with van der Waals surface area (Å²) in [5.74, 6) is -0.0573. The van der Waals surface area contributed by atoms with Crippen molar-refractivity contribution in [2.45, 2.75) is 0 Å². The summed E-state index contributed by atoms with van der Waals surface area (Å²) in [5, 5.41) is 2.06. The van der Waals surface area contributed by atoms with Crippen molar-refractivity contribution in [2.24, 2.45) is 7.05 Å². The van der Waals surface area contributed by atoms with Gasteiger partial charge in [-0.3, -0.25) is 4.79 Å². The smallest absolute Gasteiger partial charge is 0.343 e. The van der Waals surface area contributed by atoms with Crippen LogP contribution in [0.1, 0.15) is 10.4 Å². The molecule has 4 aromatic rings. The van der Waals surface area contributed by atoms with E-state index in [1.165, 1.54) is 0 Å². The fraction of sp³-hybridized carbons (Fsp3) is 0.0476. The molecule has 0 atom stereocenters. The average Bonchev–Trinajstić information content (AvgIpc) is 2.66. The number of hydrogen-bond donors (Lipinski definition) is 0. The molecule has 122 valence electrons. The highest BCUT2D eigenvalue weighted by Crippen LogP contribution is 2.31. The van der Waals surface area contributed by atoms with Gasteiger partial charge < -0.3 is 9.30 Å². The van der Waals surface area contributed by atoms with Crippen LogP contribution in [-0.2, 0) is 7.05 Å². The highest BCUT2D eigenvalue weighted by molar-refractivity contribution is 6.10. The van der Waals surface area contributed by atoms with Crippen LogP contribution in [0, 0.1) is 0 Å². The second-order valence-corrected chi connectivity index (χ2v) is 5.82. The Morgan fingerprint density at radius 1 is 0.840 bits per heavy atom. The molecule has 0 saturated carbocycles. The van der Waals surface area contributed by atoms with E-state index in [2.05, 4.69) is 0 Å². The molecule has 1 aromatic heterocycles. The molecule has 25 heavy (non-hydrogen) atoms. The van der Waals surface area contributed by atoms with Crippen molar-refractivity contribution < 1.29 is 9.53 Å². The van der Waals surface area contributed by atoms with E-state index in [0.717, 1.165) is 10.9 Å². The molecule has 0 bridgehead atoms. The van der Waals surface area contributed by atoms with Gasteiger partial charge in [0.25, 0.3) is 5.56 Å². The summed E-state index contributed by atoms with van der Waals surface area (Å²) in [6.45, 7) is 0. The highest BCUT2D eigenvalue weighted by Gasteiger charge is 2.15. The number of carbonyl (C=O) groups is 1. The number of aromatic nitrogens is 1. The quantitative estimate of drug-likeness (QED) is 0.318. The minimum absolute atomic E-state index is 0.119. The van der Waals surface area contributed by atoms with Gasteiger partial charge in [0.1, 0.15) is 5.75 Å². The third kappa shape index (κ3) is 2.48. The van der Waals surface area contributed by atoms with E-state index in [4.69, 9.17) is 4.74 Å². The molecule has 4 nitrogen and oxygen atoms in total. The van der Waals surface area contributed by atoms with Gasteiger partial charge in [-0.15, -0.1) is 0 Å². The average molecular weight is 329 g/mol. The maximum Gasteiger partial charge on any atom is 0.343 e. The third-order valence-electron chi connectivity index (χ3n) is 4.31. The Labute approximate surface area is 143 Å². The lowest BCUT2D eigenvalue weighted by atomic mass is 10.1. The van der Waals surface area contributed by atoms with Gasteiger partial charge in [0, 0.05) is 17.8 Å². The first kappa shape index (κ1) is 15.1. The molecule has 0 unspecified atom stereocenters. The molecule has 0 N–H and O–H groups in total. The molecule has 1 heterocycles. The normalized spacial score (nSPS) is 10.9. The monoisotopic (exact) mass is 329 g/mol. The summed E-state index contributed by atoms with van der Waals surface area (Å²) in [5.41, 5.74) is 1.14. The molecule has 0 radical (unpaired) electrons. The fourth-order valence-electron chi connectivity index (χ4n) is 3.07. The molecule has 4 rings (SSSR count).